The molecule has 0 aliphatic heterocycles. The van der Waals surface area contributed by atoms with E-state index >= 15 is 0 Å². The number of hydrogen-bond donors (Lipinski definition) is 1. The third kappa shape index (κ3) is 3.27. The van der Waals surface area contributed by atoms with Crippen molar-refractivity contribution in [3.63, 3.8) is 0 Å². The van der Waals surface area contributed by atoms with Crippen LogP contribution in [0.25, 0.3) is 0 Å². The van der Waals surface area contributed by atoms with Crippen LogP contribution in [-0.2, 0) is 4.79 Å². The minimum atomic E-state index is 0.00599. The summed E-state index contributed by atoms with van der Waals surface area (Å²) >= 11 is 1.56. The molecule has 16 heavy (non-hydrogen) atoms. The smallest absolute Gasteiger partial charge is 0.233 e. The molecule has 1 aromatic rings. The first-order chi connectivity index (χ1) is 7.56. The van der Waals surface area contributed by atoms with E-state index in [-0.39, 0.29) is 17.2 Å². The van der Waals surface area contributed by atoms with Crippen LogP contribution in [-0.4, -0.2) is 17.4 Å². The van der Waals surface area contributed by atoms with Crippen molar-refractivity contribution in [3.05, 3.63) is 35.4 Å². The van der Waals surface area contributed by atoms with E-state index in [1.807, 2.05) is 32.2 Å². The van der Waals surface area contributed by atoms with Crippen molar-refractivity contribution in [2.45, 2.75) is 32.1 Å². The molecule has 0 aliphatic rings. The summed E-state index contributed by atoms with van der Waals surface area (Å²) in [7, 11) is 0. The Morgan fingerprint density at radius 2 is 1.94 bits per heavy atom. The van der Waals surface area contributed by atoms with E-state index in [1.165, 1.54) is 11.1 Å². The van der Waals surface area contributed by atoms with Crippen molar-refractivity contribution >= 4 is 17.7 Å². The number of rotatable bonds is 4. The molecule has 1 rings (SSSR count). The van der Waals surface area contributed by atoms with E-state index in [0.29, 0.717) is 0 Å². The standard InChI is InChI=1S/C13H19NOS/c1-9-7-5-6-8-12(9)10(2)14-13(15)11(3)16-4/h5-8,10-11H,1-4H3,(H,14,15)/t10-,11-/m0/s1. The molecule has 0 saturated carbocycles. The molecule has 1 N–H and O–H groups in total. The first-order valence-corrected chi connectivity index (χ1v) is 6.73. The van der Waals surface area contributed by atoms with Gasteiger partial charge in [0.15, 0.2) is 0 Å². The average molecular weight is 237 g/mol. The molecule has 0 aliphatic carbocycles. The van der Waals surface area contributed by atoms with Crippen LogP contribution in [0.3, 0.4) is 0 Å². The zero-order valence-electron chi connectivity index (χ0n) is 10.3. The predicted molar refractivity (Wildman–Crippen MR) is 70.7 cm³/mol. The lowest BCUT2D eigenvalue weighted by Gasteiger charge is -2.18. The van der Waals surface area contributed by atoms with Crippen molar-refractivity contribution in [1.29, 1.82) is 0 Å². The Labute approximate surface area is 102 Å². The summed E-state index contributed by atoms with van der Waals surface area (Å²) in [5, 5.41) is 3.03. The maximum atomic E-state index is 11.7. The minimum absolute atomic E-state index is 0.00599. The molecular weight excluding hydrogens is 218 g/mol. The quantitative estimate of drug-likeness (QED) is 0.872. The number of carbonyl (C=O) groups is 1. The molecule has 0 unspecified atom stereocenters. The molecular formula is C13H19NOS. The average Bonchev–Trinajstić information content (AvgIpc) is 2.28. The van der Waals surface area contributed by atoms with Crippen molar-refractivity contribution in [3.8, 4) is 0 Å². The molecule has 0 bridgehead atoms. The number of carbonyl (C=O) groups excluding carboxylic acids is 1. The highest BCUT2D eigenvalue weighted by atomic mass is 32.2. The summed E-state index contributed by atoms with van der Waals surface area (Å²) < 4.78 is 0. The Kier molecular flexibility index (Phi) is 4.87. The van der Waals surface area contributed by atoms with Crippen LogP contribution in [0.5, 0.6) is 0 Å². The van der Waals surface area contributed by atoms with Crippen LogP contribution >= 0.6 is 11.8 Å². The van der Waals surface area contributed by atoms with Gasteiger partial charge in [0.2, 0.25) is 5.91 Å². The van der Waals surface area contributed by atoms with Gasteiger partial charge in [0.25, 0.3) is 0 Å². The Morgan fingerprint density at radius 3 is 2.50 bits per heavy atom. The van der Waals surface area contributed by atoms with Gasteiger partial charge in [-0.25, -0.2) is 0 Å². The fraction of sp³-hybridized carbons (Fsp3) is 0.462. The Hall–Kier alpha value is -0.960. The Bertz CT molecular complexity index is 365. The van der Waals surface area contributed by atoms with E-state index in [1.54, 1.807) is 11.8 Å². The van der Waals surface area contributed by atoms with Crippen LogP contribution in [0.1, 0.15) is 31.0 Å². The largest absolute Gasteiger partial charge is 0.349 e. The number of hydrogen-bond acceptors (Lipinski definition) is 2. The van der Waals surface area contributed by atoms with E-state index in [9.17, 15) is 4.79 Å². The summed E-state index contributed by atoms with van der Waals surface area (Å²) in [6.45, 7) is 6.01. The summed E-state index contributed by atoms with van der Waals surface area (Å²) in [5.74, 6) is 0.100. The molecule has 0 radical (unpaired) electrons. The van der Waals surface area contributed by atoms with Gasteiger partial charge in [0, 0.05) is 0 Å². The van der Waals surface area contributed by atoms with Crippen molar-refractivity contribution < 1.29 is 4.79 Å². The van der Waals surface area contributed by atoms with Gasteiger partial charge in [0.1, 0.15) is 0 Å². The summed E-state index contributed by atoms with van der Waals surface area (Å²) in [4.78, 5) is 11.7. The molecule has 88 valence electrons. The van der Waals surface area contributed by atoms with E-state index in [2.05, 4.69) is 24.4 Å². The van der Waals surface area contributed by atoms with Crippen LogP contribution in [0.2, 0.25) is 0 Å². The van der Waals surface area contributed by atoms with Gasteiger partial charge in [0.05, 0.1) is 11.3 Å². The zero-order valence-corrected chi connectivity index (χ0v) is 11.1. The number of aryl methyl sites for hydroxylation is 1. The van der Waals surface area contributed by atoms with Crippen molar-refractivity contribution in [1.82, 2.24) is 5.32 Å². The van der Waals surface area contributed by atoms with Crippen molar-refractivity contribution in [2.24, 2.45) is 0 Å². The first-order valence-electron chi connectivity index (χ1n) is 5.45. The van der Waals surface area contributed by atoms with Crippen LogP contribution in [0.15, 0.2) is 24.3 Å². The Morgan fingerprint density at radius 1 is 1.31 bits per heavy atom. The van der Waals surface area contributed by atoms with Gasteiger partial charge in [-0.15, -0.1) is 0 Å². The minimum Gasteiger partial charge on any atom is -0.349 e. The zero-order chi connectivity index (χ0) is 12.1. The molecule has 0 spiro atoms. The fourth-order valence-electron chi connectivity index (χ4n) is 1.59. The lowest BCUT2D eigenvalue weighted by molar-refractivity contribution is -0.120. The molecule has 2 atom stereocenters. The summed E-state index contributed by atoms with van der Waals surface area (Å²) in [5.41, 5.74) is 2.40. The number of benzene rings is 1. The maximum Gasteiger partial charge on any atom is 0.233 e. The number of thioether (sulfide) groups is 1. The molecule has 3 heteroatoms. The predicted octanol–water partition coefficient (Wildman–Crippen LogP) is 2.92. The third-order valence-corrected chi connectivity index (χ3v) is 3.66. The van der Waals surface area contributed by atoms with Gasteiger partial charge < -0.3 is 5.32 Å². The normalized spacial score (nSPS) is 14.2. The lowest BCUT2D eigenvalue weighted by Crippen LogP contribution is -2.33. The van der Waals surface area contributed by atoms with Gasteiger partial charge in [-0.1, -0.05) is 24.3 Å². The van der Waals surface area contributed by atoms with Gasteiger partial charge in [-0.2, -0.15) is 11.8 Å². The molecule has 0 aromatic heterocycles. The topological polar surface area (TPSA) is 29.1 Å². The van der Waals surface area contributed by atoms with Crippen LogP contribution in [0.4, 0.5) is 0 Å². The van der Waals surface area contributed by atoms with Crippen molar-refractivity contribution in [2.75, 3.05) is 6.26 Å². The number of nitrogens with one attached hydrogen (secondary N) is 1. The summed E-state index contributed by atoms with van der Waals surface area (Å²) in [6.07, 6.45) is 1.95. The molecule has 1 amide bonds. The third-order valence-electron chi connectivity index (χ3n) is 2.74. The first kappa shape index (κ1) is 13.1. The highest BCUT2D eigenvalue weighted by molar-refractivity contribution is 7.99. The second-order valence-corrected chi connectivity index (χ2v) is 5.14. The second kappa shape index (κ2) is 5.94. The molecule has 0 saturated heterocycles. The van der Waals surface area contributed by atoms with Crippen LogP contribution < -0.4 is 5.32 Å². The van der Waals surface area contributed by atoms with E-state index < -0.39 is 0 Å². The lowest BCUT2D eigenvalue weighted by atomic mass is 10.0. The SMILES string of the molecule is CS[C@@H](C)C(=O)N[C@@H](C)c1ccccc1C. The second-order valence-electron chi connectivity index (χ2n) is 3.96. The molecule has 0 heterocycles. The van der Waals surface area contributed by atoms with E-state index in [0.717, 1.165) is 0 Å². The van der Waals surface area contributed by atoms with Gasteiger partial charge >= 0.3 is 0 Å². The maximum absolute atomic E-state index is 11.7. The fourth-order valence-corrected chi connectivity index (χ4v) is 1.87. The highest BCUT2D eigenvalue weighted by Gasteiger charge is 2.15. The van der Waals surface area contributed by atoms with Crippen LogP contribution in [0, 0.1) is 6.92 Å². The monoisotopic (exact) mass is 237 g/mol. The molecule has 1 aromatic carbocycles. The van der Waals surface area contributed by atoms with Gasteiger partial charge in [-0.05, 0) is 38.2 Å². The van der Waals surface area contributed by atoms with Gasteiger partial charge in [-0.3, -0.25) is 4.79 Å². The molecule has 2 nitrogen and oxygen atoms in total. The highest BCUT2D eigenvalue weighted by Crippen LogP contribution is 2.17. The van der Waals surface area contributed by atoms with E-state index in [4.69, 9.17) is 0 Å². The number of amides is 1. The molecule has 0 fully saturated rings. The summed E-state index contributed by atoms with van der Waals surface area (Å²) in [6, 6.07) is 8.21. The Balaban J connectivity index is 2.69.